The zero-order chi connectivity index (χ0) is 16.4. The number of aliphatic hydroxyl groups excluding tert-OH is 1. The molecule has 0 aromatic carbocycles. The quantitative estimate of drug-likeness (QED) is 0.634. The summed E-state index contributed by atoms with van der Waals surface area (Å²) in [5, 5.41) is 7.57. The van der Waals surface area contributed by atoms with Gasteiger partial charge in [0.25, 0.3) is 0 Å². The molecule has 0 spiro atoms. The Hall–Kier alpha value is -2.18. The minimum Gasteiger partial charge on any atom is -0.489 e. The molecule has 0 bridgehead atoms. The molecule has 0 heterocycles. The second-order valence-electron chi connectivity index (χ2n) is 3.63. The minimum atomic E-state index is 0.250. The lowest BCUT2D eigenvalue weighted by Crippen LogP contribution is -2.13. The van der Waals surface area contributed by atoms with Crippen LogP contribution < -0.4 is 0 Å². The lowest BCUT2D eigenvalue weighted by atomic mass is 10.7. The van der Waals surface area contributed by atoms with Crippen LogP contribution >= 0.6 is 0 Å². The molecule has 0 unspecified atom stereocenters. The summed E-state index contributed by atoms with van der Waals surface area (Å²) < 4.78 is 5.12. The van der Waals surface area contributed by atoms with Crippen molar-refractivity contribution in [3.05, 3.63) is 47.3 Å². The van der Waals surface area contributed by atoms with Crippen molar-refractivity contribution in [3.8, 4) is 0 Å². The summed E-state index contributed by atoms with van der Waals surface area (Å²) in [5.41, 5.74) is 0. The zero-order valence-corrected chi connectivity index (χ0v) is 13.3. The molecule has 0 saturated carbocycles. The number of hydrogen-bond acceptors (Lipinski definition) is 4. The van der Waals surface area contributed by atoms with Gasteiger partial charge in [0.2, 0.25) is 6.20 Å². The van der Waals surface area contributed by atoms with Crippen LogP contribution in [-0.2, 0) is 4.74 Å². The van der Waals surface area contributed by atoms with Gasteiger partial charge in [-0.3, -0.25) is 0 Å². The second kappa shape index (κ2) is 19.2. The Morgan fingerprint density at radius 2 is 1.65 bits per heavy atom. The van der Waals surface area contributed by atoms with Crippen LogP contribution in [0.25, 0.3) is 9.69 Å². The fourth-order valence-electron chi connectivity index (χ4n) is 0.652. The Bertz CT molecular complexity index is 336. The summed E-state index contributed by atoms with van der Waals surface area (Å²) in [7, 11) is 7.43. The van der Waals surface area contributed by atoms with Gasteiger partial charge in [0.1, 0.15) is 0 Å². The van der Waals surface area contributed by atoms with Gasteiger partial charge in [-0.2, -0.15) is 0 Å². The normalized spacial score (nSPS) is 9.15. The molecule has 0 saturated heterocycles. The van der Waals surface area contributed by atoms with Crippen molar-refractivity contribution in [1.82, 2.24) is 9.80 Å². The van der Waals surface area contributed by atoms with E-state index >= 15 is 0 Å². The third-order valence-electron chi connectivity index (χ3n) is 1.35. The molecule has 0 aromatic heterocycles. The molecule has 0 rings (SSSR count). The van der Waals surface area contributed by atoms with Crippen LogP contribution in [0.4, 0.5) is 0 Å². The summed E-state index contributed by atoms with van der Waals surface area (Å²) in [6, 6.07) is 0. The van der Waals surface area contributed by atoms with Crippen molar-refractivity contribution in [2.75, 3.05) is 41.4 Å². The van der Waals surface area contributed by atoms with Crippen molar-refractivity contribution in [2.45, 2.75) is 13.8 Å². The van der Waals surface area contributed by atoms with Crippen LogP contribution in [0, 0.1) is 13.1 Å². The Labute approximate surface area is 123 Å². The number of hydrogen-bond donors (Lipinski definition) is 1. The van der Waals surface area contributed by atoms with Gasteiger partial charge >= 0.3 is 0 Å². The van der Waals surface area contributed by atoms with E-state index in [0.717, 1.165) is 0 Å². The second-order valence-corrected chi connectivity index (χ2v) is 3.63. The van der Waals surface area contributed by atoms with Gasteiger partial charge < -0.3 is 19.6 Å². The highest BCUT2D eigenvalue weighted by atomic mass is 16.5. The van der Waals surface area contributed by atoms with Gasteiger partial charge in [0.15, 0.2) is 12.1 Å². The van der Waals surface area contributed by atoms with E-state index in [9.17, 15) is 0 Å². The summed E-state index contributed by atoms with van der Waals surface area (Å²) in [4.78, 5) is 9.68. The van der Waals surface area contributed by atoms with Crippen molar-refractivity contribution >= 4 is 0 Å². The Kier molecular flexibility index (Phi) is 22.0. The molecule has 20 heavy (non-hydrogen) atoms. The fraction of sp³-hybridized carbons (Fsp3) is 0.571. The highest BCUT2D eigenvalue weighted by Crippen LogP contribution is 1.99. The SMILES string of the molecule is CCO.[C-]#[N+]C=C(OCC)N(C)C.[C-]#[N+]C=CN(C)C. The molecule has 0 aliphatic rings. The summed E-state index contributed by atoms with van der Waals surface area (Å²) >= 11 is 0. The van der Waals surface area contributed by atoms with E-state index in [4.69, 9.17) is 23.0 Å². The van der Waals surface area contributed by atoms with E-state index in [1.807, 2.05) is 40.0 Å². The summed E-state index contributed by atoms with van der Waals surface area (Å²) in [6.07, 6.45) is 4.48. The first-order valence-electron chi connectivity index (χ1n) is 6.08. The van der Waals surface area contributed by atoms with Crippen LogP contribution in [0.3, 0.4) is 0 Å². The van der Waals surface area contributed by atoms with Gasteiger partial charge in [0, 0.05) is 34.8 Å². The number of aliphatic hydroxyl groups is 1. The van der Waals surface area contributed by atoms with Crippen molar-refractivity contribution < 1.29 is 9.84 Å². The average molecular weight is 282 g/mol. The molecule has 0 aromatic rings. The lowest BCUT2D eigenvalue weighted by Gasteiger charge is -2.15. The monoisotopic (exact) mass is 282 g/mol. The molecule has 6 heteroatoms. The van der Waals surface area contributed by atoms with Gasteiger partial charge in [0.05, 0.1) is 19.8 Å². The molecule has 0 amide bonds. The van der Waals surface area contributed by atoms with Gasteiger partial charge in [-0.25, -0.2) is 9.69 Å². The van der Waals surface area contributed by atoms with E-state index < -0.39 is 0 Å². The standard InChI is InChI=1S/C7H12N2O.C5H8N2.C2H6O/c1-5-10-7(6-8-2)9(3)4;1-6-4-5-7(2)3;1-2-3/h6H,5H2,1,3-4H3;4-5H,2-3H3;3H,2H2,1H3. The van der Waals surface area contributed by atoms with Crippen LogP contribution in [-0.4, -0.2) is 56.3 Å². The fourth-order valence-corrected chi connectivity index (χ4v) is 0.652. The maximum absolute atomic E-state index is 7.57. The zero-order valence-electron chi connectivity index (χ0n) is 13.3. The summed E-state index contributed by atoms with van der Waals surface area (Å²) in [6.45, 7) is 17.3. The lowest BCUT2D eigenvalue weighted by molar-refractivity contribution is 0.152. The highest BCUT2D eigenvalue weighted by molar-refractivity contribution is 4.96. The number of nitrogens with zero attached hydrogens (tertiary/aromatic N) is 4. The number of rotatable bonds is 4. The van der Waals surface area contributed by atoms with Crippen LogP contribution in [0.5, 0.6) is 0 Å². The largest absolute Gasteiger partial charge is 0.489 e. The molecule has 0 fully saturated rings. The Morgan fingerprint density at radius 3 is 1.85 bits per heavy atom. The predicted molar refractivity (Wildman–Crippen MR) is 82.2 cm³/mol. The first kappa shape index (κ1) is 23.0. The first-order chi connectivity index (χ1) is 9.40. The molecular formula is C14H26N4O2. The summed E-state index contributed by atoms with van der Waals surface area (Å²) in [5.74, 6) is 0.609. The topological polar surface area (TPSA) is 44.7 Å². The highest BCUT2D eigenvalue weighted by Gasteiger charge is 1.96. The molecule has 0 aliphatic heterocycles. The predicted octanol–water partition coefficient (Wildman–Crippen LogP) is 2.24. The molecule has 0 aliphatic carbocycles. The van der Waals surface area contributed by atoms with Crippen LogP contribution in [0.2, 0.25) is 0 Å². The molecule has 0 atom stereocenters. The average Bonchev–Trinajstić information content (AvgIpc) is 2.37. The van der Waals surface area contributed by atoms with Crippen molar-refractivity contribution in [3.63, 3.8) is 0 Å². The van der Waals surface area contributed by atoms with E-state index in [0.29, 0.717) is 12.5 Å². The van der Waals surface area contributed by atoms with Gasteiger partial charge in [-0.05, 0) is 20.0 Å². The molecule has 114 valence electrons. The Morgan fingerprint density at radius 1 is 1.15 bits per heavy atom. The van der Waals surface area contributed by atoms with E-state index in [-0.39, 0.29) is 6.61 Å². The van der Waals surface area contributed by atoms with Crippen molar-refractivity contribution in [1.29, 1.82) is 0 Å². The molecular weight excluding hydrogens is 256 g/mol. The minimum absolute atomic E-state index is 0.250. The third-order valence-corrected chi connectivity index (χ3v) is 1.35. The van der Waals surface area contributed by atoms with Gasteiger partial charge in [-0.15, -0.1) is 0 Å². The van der Waals surface area contributed by atoms with Crippen LogP contribution in [0.15, 0.2) is 24.5 Å². The maximum atomic E-state index is 7.57. The van der Waals surface area contributed by atoms with E-state index in [2.05, 4.69) is 9.69 Å². The number of ether oxygens (including phenoxy) is 1. The molecule has 6 nitrogen and oxygen atoms in total. The van der Waals surface area contributed by atoms with Crippen molar-refractivity contribution in [2.24, 2.45) is 0 Å². The van der Waals surface area contributed by atoms with E-state index in [1.165, 1.54) is 12.4 Å². The molecule has 1 N–H and O–H groups in total. The smallest absolute Gasteiger partial charge is 0.211 e. The van der Waals surface area contributed by atoms with Gasteiger partial charge in [-0.1, -0.05) is 0 Å². The van der Waals surface area contributed by atoms with E-state index in [1.54, 1.807) is 18.0 Å². The maximum Gasteiger partial charge on any atom is 0.211 e. The third kappa shape index (κ3) is 24.9. The Balaban J connectivity index is -0.000000251. The molecule has 0 radical (unpaired) electrons. The van der Waals surface area contributed by atoms with Crippen LogP contribution in [0.1, 0.15) is 13.8 Å². The first-order valence-corrected chi connectivity index (χ1v) is 6.08.